The number of carbonyl (C=O) groups is 2. The lowest BCUT2D eigenvalue weighted by Gasteiger charge is -2.12. The standard InChI is InChI=1S/C14H16N4O2/c1-9(15)8-14(20)16-11-4-2-10(3-5-11)12-6-7-13(19)18-17-12/h2-5,8H,6-7,15H2,1H3,(H,16,20)(H,18,19)/b9-8-. The van der Waals surface area contributed by atoms with E-state index in [1.54, 1.807) is 19.1 Å². The quantitative estimate of drug-likeness (QED) is 0.719. The molecule has 0 unspecified atom stereocenters. The number of carbonyl (C=O) groups excluding carboxylic acids is 2. The minimum absolute atomic E-state index is 0.0680. The molecule has 0 fully saturated rings. The van der Waals surface area contributed by atoms with Crippen LogP contribution in [-0.2, 0) is 9.59 Å². The van der Waals surface area contributed by atoms with E-state index in [4.69, 9.17) is 5.73 Å². The number of hydrogen-bond acceptors (Lipinski definition) is 4. The second kappa shape index (κ2) is 6.01. The summed E-state index contributed by atoms with van der Waals surface area (Å²) in [5, 5.41) is 6.72. The third-order valence-corrected chi connectivity index (χ3v) is 2.75. The smallest absolute Gasteiger partial charge is 0.250 e. The van der Waals surface area contributed by atoms with E-state index in [2.05, 4.69) is 15.8 Å². The summed E-state index contributed by atoms with van der Waals surface area (Å²) in [7, 11) is 0. The Bertz CT molecular complexity index is 584. The molecule has 2 rings (SSSR count). The Morgan fingerprint density at radius 2 is 2.05 bits per heavy atom. The van der Waals surface area contributed by atoms with Crippen LogP contribution in [0.4, 0.5) is 5.69 Å². The van der Waals surface area contributed by atoms with Crippen LogP contribution in [-0.4, -0.2) is 17.5 Å². The summed E-state index contributed by atoms with van der Waals surface area (Å²) in [6.07, 6.45) is 2.39. The molecular formula is C14H16N4O2. The monoisotopic (exact) mass is 272 g/mol. The highest BCUT2D eigenvalue weighted by atomic mass is 16.2. The Labute approximate surface area is 116 Å². The number of nitrogens with two attached hydrogens (primary N) is 1. The van der Waals surface area contributed by atoms with Crippen molar-refractivity contribution in [2.24, 2.45) is 10.8 Å². The number of benzene rings is 1. The average Bonchev–Trinajstić information content (AvgIpc) is 2.39. The predicted molar refractivity (Wildman–Crippen MR) is 76.9 cm³/mol. The Morgan fingerprint density at radius 3 is 2.60 bits per heavy atom. The van der Waals surface area contributed by atoms with Gasteiger partial charge in [0.05, 0.1) is 5.71 Å². The first-order valence-electron chi connectivity index (χ1n) is 6.25. The summed E-state index contributed by atoms with van der Waals surface area (Å²) in [5.41, 5.74) is 10.8. The van der Waals surface area contributed by atoms with Gasteiger partial charge in [-0.15, -0.1) is 0 Å². The fourth-order valence-corrected chi connectivity index (χ4v) is 1.81. The van der Waals surface area contributed by atoms with E-state index in [1.807, 2.05) is 12.1 Å². The highest BCUT2D eigenvalue weighted by Gasteiger charge is 2.13. The lowest BCUT2D eigenvalue weighted by molar-refractivity contribution is -0.121. The summed E-state index contributed by atoms with van der Waals surface area (Å²) < 4.78 is 0. The van der Waals surface area contributed by atoms with Gasteiger partial charge in [0, 0.05) is 30.3 Å². The van der Waals surface area contributed by atoms with Crippen LogP contribution < -0.4 is 16.5 Å². The summed E-state index contributed by atoms with van der Waals surface area (Å²) in [6, 6.07) is 7.27. The number of anilines is 1. The van der Waals surface area contributed by atoms with Crippen molar-refractivity contribution in [2.75, 3.05) is 5.32 Å². The van der Waals surface area contributed by atoms with E-state index in [-0.39, 0.29) is 11.8 Å². The van der Waals surface area contributed by atoms with Gasteiger partial charge in [0.1, 0.15) is 0 Å². The molecule has 4 N–H and O–H groups in total. The molecule has 20 heavy (non-hydrogen) atoms. The minimum Gasteiger partial charge on any atom is -0.402 e. The van der Waals surface area contributed by atoms with Crippen LogP contribution in [0.2, 0.25) is 0 Å². The van der Waals surface area contributed by atoms with Crippen LogP contribution in [0.1, 0.15) is 25.3 Å². The van der Waals surface area contributed by atoms with Gasteiger partial charge in [0.2, 0.25) is 11.8 Å². The van der Waals surface area contributed by atoms with Crippen LogP contribution >= 0.6 is 0 Å². The highest BCUT2D eigenvalue weighted by molar-refractivity contribution is 6.05. The number of nitrogens with one attached hydrogen (secondary N) is 2. The van der Waals surface area contributed by atoms with Gasteiger partial charge in [0.15, 0.2) is 0 Å². The molecule has 0 radical (unpaired) electrons. The topological polar surface area (TPSA) is 96.6 Å². The van der Waals surface area contributed by atoms with Crippen LogP contribution in [0.25, 0.3) is 0 Å². The molecule has 6 heteroatoms. The van der Waals surface area contributed by atoms with Gasteiger partial charge >= 0.3 is 0 Å². The van der Waals surface area contributed by atoms with Gasteiger partial charge in [-0.3, -0.25) is 9.59 Å². The Morgan fingerprint density at radius 1 is 1.35 bits per heavy atom. The fraction of sp³-hybridized carbons (Fsp3) is 0.214. The van der Waals surface area contributed by atoms with Gasteiger partial charge in [-0.1, -0.05) is 12.1 Å². The molecule has 0 saturated carbocycles. The summed E-state index contributed by atoms with van der Waals surface area (Å²) >= 11 is 0. The molecule has 0 spiro atoms. The highest BCUT2D eigenvalue weighted by Crippen LogP contribution is 2.14. The summed E-state index contributed by atoms with van der Waals surface area (Å²) in [6.45, 7) is 1.65. The number of nitrogens with zero attached hydrogens (tertiary/aromatic N) is 1. The number of allylic oxidation sites excluding steroid dienone is 1. The first-order chi connectivity index (χ1) is 9.54. The Balaban J connectivity index is 2.05. The molecule has 0 bridgehead atoms. The maximum absolute atomic E-state index is 11.5. The SMILES string of the molecule is C/C(N)=C/C(=O)Nc1ccc(C2=NNC(=O)CC2)cc1. The van der Waals surface area contributed by atoms with Crippen molar-refractivity contribution in [1.82, 2.24) is 5.43 Å². The molecule has 1 aromatic carbocycles. The van der Waals surface area contributed by atoms with Gasteiger partial charge in [0.25, 0.3) is 0 Å². The van der Waals surface area contributed by atoms with Crippen LogP contribution in [0.15, 0.2) is 41.1 Å². The molecule has 6 nitrogen and oxygen atoms in total. The second-order valence-electron chi connectivity index (χ2n) is 4.55. The number of rotatable bonds is 3. The number of amides is 2. The van der Waals surface area contributed by atoms with E-state index in [0.717, 1.165) is 11.3 Å². The summed E-state index contributed by atoms with van der Waals surface area (Å²) in [5.74, 6) is -0.332. The lowest BCUT2D eigenvalue weighted by Crippen LogP contribution is -2.25. The predicted octanol–water partition coefficient (Wildman–Crippen LogP) is 1.10. The molecule has 0 atom stereocenters. The largest absolute Gasteiger partial charge is 0.402 e. The van der Waals surface area contributed by atoms with E-state index in [1.165, 1.54) is 6.08 Å². The molecule has 0 saturated heterocycles. The van der Waals surface area contributed by atoms with Crippen molar-refractivity contribution in [3.05, 3.63) is 41.6 Å². The van der Waals surface area contributed by atoms with Crippen molar-refractivity contribution in [1.29, 1.82) is 0 Å². The van der Waals surface area contributed by atoms with Crippen molar-refractivity contribution in [3.8, 4) is 0 Å². The maximum atomic E-state index is 11.5. The Kier molecular flexibility index (Phi) is 4.14. The molecule has 1 aliphatic heterocycles. The zero-order valence-corrected chi connectivity index (χ0v) is 11.1. The van der Waals surface area contributed by atoms with E-state index >= 15 is 0 Å². The van der Waals surface area contributed by atoms with Gasteiger partial charge in [-0.05, 0) is 24.6 Å². The van der Waals surface area contributed by atoms with Crippen LogP contribution in [0.5, 0.6) is 0 Å². The van der Waals surface area contributed by atoms with Gasteiger partial charge in [-0.2, -0.15) is 5.10 Å². The Hall–Kier alpha value is -2.63. The van der Waals surface area contributed by atoms with E-state index in [9.17, 15) is 9.59 Å². The van der Waals surface area contributed by atoms with Crippen molar-refractivity contribution in [2.45, 2.75) is 19.8 Å². The fourth-order valence-electron chi connectivity index (χ4n) is 1.81. The average molecular weight is 272 g/mol. The van der Waals surface area contributed by atoms with E-state index in [0.29, 0.717) is 24.2 Å². The molecule has 104 valence electrons. The lowest BCUT2D eigenvalue weighted by atomic mass is 10.0. The van der Waals surface area contributed by atoms with Gasteiger partial charge in [-0.25, -0.2) is 5.43 Å². The molecule has 1 heterocycles. The van der Waals surface area contributed by atoms with E-state index < -0.39 is 0 Å². The molecule has 0 aromatic heterocycles. The van der Waals surface area contributed by atoms with Crippen LogP contribution in [0, 0.1) is 0 Å². The third kappa shape index (κ3) is 3.68. The van der Waals surface area contributed by atoms with Crippen molar-refractivity contribution in [3.63, 3.8) is 0 Å². The second-order valence-corrected chi connectivity index (χ2v) is 4.55. The molecule has 1 aromatic rings. The zero-order chi connectivity index (χ0) is 14.5. The van der Waals surface area contributed by atoms with Crippen molar-refractivity contribution >= 4 is 23.2 Å². The van der Waals surface area contributed by atoms with Crippen LogP contribution in [0.3, 0.4) is 0 Å². The number of hydrogen-bond donors (Lipinski definition) is 3. The normalized spacial score (nSPS) is 15.3. The minimum atomic E-state index is -0.264. The first kappa shape index (κ1) is 13.8. The molecular weight excluding hydrogens is 256 g/mol. The van der Waals surface area contributed by atoms with Crippen molar-refractivity contribution < 1.29 is 9.59 Å². The molecule has 1 aliphatic rings. The number of hydrazone groups is 1. The zero-order valence-electron chi connectivity index (χ0n) is 11.1. The first-order valence-corrected chi connectivity index (χ1v) is 6.25. The van der Waals surface area contributed by atoms with Gasteiger partial charge < -0.3 is 11.1 Å². The summed E-state index contributed by atoms with van der Waals surface area (Å²) in [4.78, 5) is 22.5. The molecule has 0 aliphatic carbocycles. The third-order valence-electron chi connectivity index (χ3n) is 2.75. The molecule has 2 amide bonds. The maximum Gasteiger partial charge on any atom is 0.250 e.